The molecule has 0 saturated carbocycles. The SMILES string of the molecule is CCCCCCCCCCCCCCNC(=O)CC(C)CCCC(C)CCCC(C)CCCC(C)C. The average Bonchev–Trinajstić information content (AvgIpc) is 2.81. The number of hydrogen-bond donors (Lipinski definition) is 1. The zero-order valence-electron chi connectivity index (χ0n) is 26.0. The van der Waals surface area contributed by atoms with Crippen LogP contribution in [0, 0.1) is 23.7 Å². The molecule has 3 unspecified atom stereocenters. The van der Waals surface area contributed by atoms with E-state index < -0.39 is 0 Å². The lowest BCUT2D eigenvalue weighted by molar-refractivity contribution is -0.121. The number of nitrogens with one attached hydrogen (secondary N) is 1. The lowest BCUT2D eigenvalue weighted by Crippen LogP contribution is -2.26. The minimum absolute atomic E-state index is 0.269. The topological polar surface area (TPSA) is 29.1 Å². The van der Waals surface area contributed by atoms with Crippen molar-refractivity contribution in [3.8, 4) is 0 Å². The van der Waals surface area contributed by atoms with Crippen molar-refractivity contribution < 1.29 is 4.79 Å². The predicted octanol–water partition coefficient (Wildman–Crippen LogP) is 11.3. The number of amides is 1. The van der Waals surface area contributed by atoms with E-state index in [0.717, 1.165) is 30.7 Å². The molecule has 0 fully saturated rings. The molecule has 0 aliphatic heterocycles. The summed E-state index contributed by atoms with van der Waals surface area (Å²) in [4.78, 5) is 12.3. The van der Waals surface area contributed by atoms with Crippen LogP contribution in [0.5, 0.6) is 0 Å². The monoisotopic (exact) mass is 508 g/mol. The normalized spacial score (nSPS) is 14.2. The standard InChI is InChI=1S/C34H69NO/c1-7-8-9-10-11-12-13-14-15-16-17-18-28-35-34(36)29-33(6)27-21-26-32(5)25-20-24-31(4)23-19-22-30(2)3/h30-33H,7-29H2,1-6H3,(H,35,36). The number of hydrogen-bond acceptors (Lipinski definition) is 1. The van der Waals surface area contributed by atoms with E-state index in [1.165, 1.54) is 128 Å². The first-order valence-electron chi connectivity index (χ1n) is 16.6. The summed E-state index contributed by atoms with van der Waals surface area (Å²) >= 11 is 0. The maximum absolute atomic E-state index is 12.3. The average molecular weight is 508 g/mol. The van der Waals surface area contributed by atoms with Crippen molar-refractivity contribution in [2.45, 2.75) is 183 Å². The van der Waals surface area contributed by atoms with E-state index in [1.807, 2.05) is 0 Å². The van der Waals surface area contributed by atoms with Gasteiger partial charge in [-0.1, -0.05) is 170 Å². The molecule has 3 atom stereocenters. The number of rotatable bonds is 27. The van der Waals surface area contributed by atoms with Gasteiger partial charge in [-0.05, 0) is 30.1 Å². The third-order valence-electron chi connectivity index (χ3n) is 8.15. The van der Waals surface area contributed by atoms with Gasteiger partial charge < -0.3 is 5.32 Å². The van der Waals surface area contributed by atoms with Gasteiger partial charge in [0.05, 0.1) is 0 Å². The fraction of sp³-hybridized carbons (Fsp3) is 0.971. The Morgan fingerprint density at radius 1 is 0.500 bits per heavy atom. The van der Waals surface area contributed by atoms with Crippen LogP contribution in [-0.2, 0) is 4.79 Å². The molecule has 0 bridgehead atoms. The number of carbonyl (C=O) groups is 1. The highest BCUT2D eigenvalue weighted by Gasteiger charge is 2.11. The quantitative estimate of drug-likeness (QED) is 0.110. The van der Waals surface area contributed by atoms with Crippen molar-refractivity contribution in [2.24, 2.45) is 23.7 Å². The number of carbonyl (C=O) groups excluding carboxylic acids is 1. The smallest absolute Gasteiger partial charge is 0.220 e. The summed E-state index contributed by atoms with van der Waals surface area (Å²) in [6.07, 6.45) is 29.3. The van der Waals surface area contributed by atoms with Gasteiger partial charge in [-0.2, -0.15) is 0 Å². The molecule has 0 aromatic carbocycles. The fourth-order valence-electron chi connectivity index (χ4n) is 5.48. The fourth-order valence-corrected chi connectivity index (χ4v) is 5.48. The Kier molecular flexibility index (Phi) is 25.7. The molecule has 1 amide bonds. The first-order valence-corrected chi connectivity index (χ1v) is 16.6. The molecule has 0 aromatic rings. The first-order chi connectivity index (χ1) is 17.3. The molecule has 0 heterocycles. The van der Waals surface area contributed by atoms with Crippen LogP contribution < -0.4 is 5.32 Å². The minimum atomic E-state index is 0.269. The van der Waals surface area contributed by atoms with Gasteiger partial charge in [0.2, 0.25) is 5.91 Å². The van der Waals surface area contributed by atoms with Gasteiger partial charge in [-0.3, -0.25) is 4.79 Å². The van der Waals surface area contributed by atoms with Crippen molar-refractivity contribution in [1.82, 2.24) is 5.32 Å². The second-order valence-corrected chi connectivity index (χ2v) is 12.9. The molecule has 0 spiro atoms. The lowest BCUT2D eigenvalue weighted by atomic mass is 9.90. The minimum Gasteiger partial charge on any atom is -0.356 e. The summed E-state index contributed by atoms with van der Waals surface area (Å²) in [6.45, 7) is 14.9. The third-order valence-corrected chi connectivity index (χ3v) is 8.15. The zero-order valence-corrected chi connectivity index (χ0v) is 26.0. The highest BCUT2D eigenvalue weighted by Crippen LogP contribution is 2.22. The Balaban J connectivity index is 3.50. The van der Waals surface area contributed by atoms with Crippen LogP contribution >= 0.6 is 0 Å². The zero-order chi connectivity index (χ0) is 26.9. The second-order valence-electron chi connectivity index (χ2n) is 12.9. The molecule has 2 nitrogen and oxygen atoms in total. The van der Waals surface area contributed by atoms with E-state index in [9.17, 15) is 4.79 Å². The summed E-state index contributed by atoms with van der Waals surface area (Å²) in [5.41, 5.74) is 0. The summed E-state index contributed by atoms with van der Waals surface area (Å²) < 4.78 is 0. The lowest BCUT2D eigenvalue weighted by Gasteiger charge is -2.16. The molecule has 2 heteroatoms. The first kappa shape index (κ1) is 35.5. The molecular formula is C34H69NO. The summed E-state index contributed by atoms with van der Waals surface area (Å²) in [5.74, 6) is 3.36. The van der Waals surface area contributed by atoms with Crippen LogP contribution in [0.2, 0.25) is 0 Å². The summed E-state index contributed by atoms with van der Waals surface area (Å²) in [6, 6.07) is 0. The third kappa shape index (κ3) is 26.5. The van der Waals surface area contributed by atoms with Crippen LogP contribution in [0.4, 0.5) is 0 Å². The number of unbranched alkanes of at least 4 members (excludes halogenated alkanes) is 11. The van der Waals surface area contributed by atoms with Gasteiger partial charge in [-0.25, -0.2) is 0 Å². The van der Waals surface area contributed by atoms with E-state index in [-0.39, 0.29) is 5.91 Å². The van der Waals surface area contributed by atoms with Crippen LogP contribution in [0.25, 0.3) is 0 Å². The molecule has 0 radical (unpaired) electrons. The maximum Gasteiger partial charge on any atom is 0.220 e. The Labute approximate surface area is 228 Å². The van der Waals surface area contributed by atoms with Crippen molar-refractivity contribution in [3.05, 3.63) is 0 Å². The molecule has 0 rings (SSSR count). The van der Waals surface area contributed by atoms with E-state index in [2.05, 4.69) is 46.9 Å². The molecule has 36 heavy (non-hydrogen) atoms. The van der Waals surface area contributed by atoms with Gasteiger partial charge in [0.15, 0.2) is 0 Å². The van der Waals surface area contributed by atoms with E-state index in [0.29, 0.717) is 12.3 Å². The van der Waals surface area contributed by atoms with Crippen molar-refractivity contribution in [2.75, 3.05) is 6.54 Å². The van der Waals surface area contributed by atoms with Gasteiger partial charge >= 0.3 is 0 Å². The predicted molar refractivity (Wildman–Crippen MR) is 163 cm³/mol. The van der Waals surface area contributed by atoms with Crippen LogP contribution in [0.3, 0.4) is 0 Å². The Morgan fingerprint density at radius 2 is 0.889 bits per heavy atom. The van der Waals surface area contributed by atoms with Crippen molar-refractivity contribution in [3.63, 3.8) is 0 Å². The van der Waals surface area contributed by atoms with Gasteiger partial charge in [-0.15, -0.1) is 0 Å². The molecule has 1 N–H and O–H groups in total. The Bertz CT molecular complexity index is 460. The second kappa shape index (κ2) is 26.1. The van der Waals surface area contributed by atoms with Gasteiger partial charge in [0.25, 0.3) is 0 Å². The molecule has 0 aromatic heterocycles. The van der Waals surface area contributed by atoms with Crippen LogP contribution in [0.15, 0.2) is 0 Å². The Hall–Kier alpha value is -0.530. The molecular weight excluding hydrogens is 438 g/mol. The van der Waals surface area contributed by atoms with Gasteiger partial charge in [0.1, 0.15) is 0 Å². The molecule has 0 aliphatic rings. The van der Waals surface area contributed by atoms with Crippen LogP contribution in [-0.4, -0.2) is 12.5 Å². The highest BCUT2D eigenvalue weighted by molar-refractivity contribution is 5.76. The van der Waals surface area contributed by atoms with Crippen molar-refractivity contribution >= 4 is 5.91 Å². The van der Waals surface area contributed by atoms with Crippen LogP contribution in [0.1, 0.15) is 183 Å². The largest absolute Gasteiger partial charge is 0.356 e. The summed E-state index contributed by atoms with van der Waals surface area (Å²) in [7, 11) is 0. The molecule has 216 valence electrons. The van der Waals surface area contributed by atoms with E-state index in [4.69, 9.17) is 0 Å². The molecule has 0 saturated heterocycles. The summed E-state index contributed by atoms with van der Waals surface area (Å²) in [5, 5.41) is 3.17. The van der Waals surface area contributed by atoms with Crippen molar-refractivity contribution in [1.29, 1.82) is 0 Å². The highest BCUT2D eigenvalue weighted by atomic mass is 16.1. The van der Waals surface area contributed by atoms with E-state index >= 15 is 0 Å². The maximum atomic E-state index is 12.3. The molecule has 0 aliphatic carbocycles. The Morgan fingerprint density at radius 3 is 1.33 bits per heavy atom. The van der Waals surface area contributed by atoms with Gasteiger partial charge in [0, 0.05) is 13.0 Å². The van der Waals surface area contributed by atoms with E-state index in [1.54, 1.807) is 0 Å².